The predicted molar refractivity (Wildman–Crippen MR) is 115 cm³/mol. The lowest BCUT2D eigenvalue weighted by atomic mass is 9.98. The van der Waals surface area contributed by atoms with Crippen LogP contribution >= 0.6 is 0 Å². The molecule has 144 valence electrons. The summed E-state index contributed by atoms with van der Waals surface area (Å²) >= 11 is 0. The molecule has 0 atom stereocenters. The van der Waals surface area contributed by atoms with E-state index in [0.717, 1.165) is 29.1 Å². The van der Waals surface area contributed by atoms with Crippen molar-refractivity contribution < 1.29 is 4.79 Å². The molecule has 0 spiro atoms. The van der Waals surface area contributed by atoms with E-state index in [0.29, 0.717) is 5.56 Å². The smallest absolute Gasteiger partial charge is 0.252 e. The lowest BCUT2D eigenvalue weighted by Crippen LogP contribution is -2.29. The van der Waals surface area contributed by atoms with Crippen LogP contribution in [0, 0.1) is 6.92 Å². The maximum Gasteiger partial charge on any atom is 0.252 e. The molecule has 4 heteroatoms. The summed E-state index contributed by atoms with van der Waals surface area (Å²) in [5.74, 6) is 0.883. The Balaban J connectivity index is 1.52. The summed E-state index contributed by atoms with van der Waals surface area (Å²) in [7, 11) is 0. The molecule has 4 nitrogen and oxygen atoms in total. The van der Waals surface area contributed by atoms with Gasteiger partial charge in [0.1, 0.15) is 5.82 Å². The number of nitrogens with zero attached hydrogens (tertiary/aromatic N) is 2. The third kappa shape index (κ3) is 4.43. The molecule has 0 aliphatic rings. The van der Waals surface area contributed by atoms with Crippen LogP contribution in [0.5, 0.6) is 0 Å². The average molecular weight is 381 g/mol. The van der Waals surface area contributed by atoms with E-state index in [4.69, 9.17) is 0 Å². The van der Waals surface area contributed by atoms with Crippen LogP contribution < -0.4 is 5.32 Å². The molecule has 0 aliphatic carbocycles. The molecule has 1 N–H and O–H groups in total. The van der Waals surface area contributed by atoms with E-state index in [1.54, 1.807) is 6.20 Å². The summed E-state index contributed by atoms with van der Waals surface area (Å²) in [6.45, 7) is 2.72. The summed E-state index contributed by atoms with van der Waals surface area (Å²) in [4.78, 5) is 17.2. The second kappa shape index (κ2) is 8.57. The fourth-order valence-corrected chi connectivity index (χ4v) is 3.39. The van der Waals surface area contributed by atoms with Crippen LogP contribution in [0.1, 0.15) is 38.9 Å². The van der Waals surface area contributed by atoms with Crippen molar-refractivity contribution in [2.75, 3.05) is 0 Å². The number of hydrogen-bond acceptors (Lipinski definition) is 2. The monoisotopic (exact) mass is 381 g/mol. The standard InChI is InChI=1S/C25H23N3O/c1-19-26-16-17-28(19)18-20-12-14-23(15-13-20)25(29)27-24(21-8-4-2-5-9-21)22-10-6-3-7-11-22/h2-17,24H,18H2,1H3,(H,27,29). The Morgan fingerprint density at radius 1 is 0.897 bits per heavy atom. The molecule has 4 aromatic rings. The molecule has 1 amide bonds. The van der Waals surface area contributed by atoms with Gasteiger partial charge in [0, 0.05) is 24.5 Å². The minimum absolute atomic E-state index is 0.0898. The Morgan fingerprint density at radius 3 is 2.00 bits per heavy atom. The molecular weight excluding hydrogens is 358 g/mol. The predicted octanol–water partition coefficient (Wildman–Crippen LogP) is 4.76. The summed E-state index contributed by atoms with van der Waals surface area (Å²) < 4.78 is 2.08. The number of carbonyl (C=O) groups excluding carboxylic acids is 1. The van der Waals surface area contributed by atoms with Gasteiger partial charge in [-0.1, -0.05) is 72.8 Å². The zero-order valence-electron chi connectivity index (χ0n) is 16.3. The van der Waals surface area contributed by atoms with Crippen molar-refractivity contribution in [3.8, 4) is 0 Å². The molecule has 0 radical (unpaired) electrons. The molecule has 0 saturated carbocycles. The van der Waals surface area contributed by atoms with E-state index < -0.39 is 0 Å². The average Bonchev–Trinajstić information content (AvgIpc) is 3.18. The first-order valence-electron chi connectivity index (χ1n) is 9.68. The quantitative estimate of drug-likeness (QED) is 0.523. The number of rotatable bonds is 6. The molecular formula is C25H23N3O. The third-order valence-corrected chi connectivity index (χ3v) is 5.03. The Morgan fingerprint density at radius 2 is 1.48 bits per heavy atom. The molecule has 1 aromatic heterocycles. The number of benzene rings is 3. The van der Waals surface area contributed by atoms with Gasteiger partial charge in [-0.25, -0.2) is 4.98 Å². The largest absolute Gasteiger partial charge is 0.341 e. The van der Waals surface area contributed by atoms with Crippen molar-refractivity contribution in [1.29, 1.82) is 0 Å². The molecule has 4 rings (SSSR count). The van der Waals surface area contributed by atoms with Gasteiger partial charge in [-0.2, -0.15) is 0 Å². The van der Waals surface area contributed by atoms with Crippen LogP contribution in [0.4, 0.5) is 0 Å². The van der Waals surface area contributed by atoms with E-state index in [9.17, 15) is 4.79 Å². The van der Waals surface area contributed by atoms with Crippen molar-refractivity contribution in [2.45, 2.75) is 19.5 Å². The first-order chi connectivity index (χ1) is 14.2. The van der Waals surface area contributed by atoms with Crippen LogP contribution in [-0.2, 0) is 6.54 Å². The highest BCUT2D eigenvalue weighted by molar-refractivity contribution is 5.94. The number of aryl methyl sites for hydroxylation is 1. The number of hydrogen-bond donors (Lipinski definition) is 1. The molecule has 0 fully saturated rings. The van der Waals surface area contributed by atoms with Gasteiger partial charge in [0.05, 0.1) is 6.04 Å². The first kappa shape index (κ1) is 18.7. The van der Waals surface area contributed by atoms with E-state index in [1.807, 2.05) is 98.0 Å². The molecule has 0 saturated heterocycles. The van der Waals surface area contributed by atoms with Crippen molar-refractivity contribution in [3.05, 3.63) is 125 Å². The summed E-state index contributed by atoms with van der Waals surface area (Å²) in [6.07, 6.45) is 3.75. The van der Waals surface area contributed by atoms with Gasteiger partial charge < -0.3 is 9.88 Å². The molecule has 1 heterocycles. The topological polar surface area (TPSA) is 46.9 Å². The SMILES string of the molecule is Cc1nccn1Cc1ccc(C(=O)NC(c2ccccc2)c2ccccc2)cc1. The van der Waals surface area contributed by atoms with E-state index in [1.165, 1.54) is 0 Å². The van der Waals surface area contributed by atoms with Gasteiger partial charge in [0.15, 0.2) is 0 Å². The number of imidazole rings is 1. The Labute approximate surface area is 170 Å². The van der Waals surface area contributed by atoms with Crippen molar-refractivity contribution in [2.24, 2.45) is 0 Å². The second-order valence-corrected chi connectivity index (χ2v) is 7.03. The lowest BCUT2D eigenvalue weighted by Gasteiger charge is -2.20. The van der Waals surface area contributed by atoms with Gasteiger partial charge in [0.2, 0.25) is 0 Å². The number of aromatic nitrogens is 2. The molecule has 0 bridgehead atoms. The minimum atomic E-state index is -0.196. The van der Waals surface area contributed by atoms with E-state index in [2.05, 4.69) is 14.9 Å². The Kier molecular flexibility index (Phi) is 5.52. The molecule has 0 unspecified atom stereocenters. The minimum Gasteiger partial charge on any atom is -0.341 e. The van der Waals surface area contributed by atoms with Gasteiger partial charge in [-0.3, -0.25) is 4.79 Å². The maximum atomic E-state index is 13.0. The van der Waals surface area contributed by atoms with Gasteiger partial charge in [-0.05, 0) is 35.7 Å². The summed E-state index contributed by atoms with van der Waals surface area (Å²) in [5, 5.41) is 3.19. The third-order valence-electron chi connectivity index (χ3n) is 5.03. The Bertz CT molecular complexity index is 1030. The van der Waals surface area contributed by atoms with Crippen LogP contribution in [0.25, 0.3) is 0 Å². The zero-order chi connectivity index (χ0) is 20.1. The normalized spacial score (nSPS) is 10.8. The van der Waals surface area contributed by atoms with Crippen molar-refractivity contribution >= 4 is 5.91 Å². The second-order valence-electron chi connectivity index (χ2n) is 7.03. The van der Waals surface area contributed by atoms with E-state index in [-0.39, 0.29) is 11.9 Å². The zero-order valence-corrected chi connectivity index (χ0v) is 16.3. The summed E-state index contributed by atoms with van der Waals surface area (Å²) in [5.41, 5.74) is 3.89. The number of nitrogens with one attached hydrogen (secondary N) is 1. The Hall–Kier alpha value is -3.66. The van der Waals surface area contributed by atoms with Gasteiger partial charge in [0.25, 0.3) is 5.91 Å². The molecule has 0 aliphatic heterocycles. The van der Waals surface area contributed by atoms with Crippen molar-refractivity contribution in [3.63, 3.8) is 0 Å². The maximum absolute atomic E-state index is 13.0. The van der Waals surface area contributed by atoms with Crippen LogP contribution in [-0.4, -0.2) is 15.5 Å². The molecule has 3 aromatic carbocycles. The number of carbonyl (C=O) groups is 1. The van der Waals surface area contributed by atoms with Gasteiger partial charge in [-0.15, -0.1) is 0 Å². The fourth-order valence-electron chi connectivity index (χ4n) is 3.39. The lowest BCUT2D eigenvalue weighted by molar-refractivity contribution is 0.0943. The highest BCUT2D eigenvalue weighted by Crippen LogP contribution is 2.22. The highest BCUT2D eigenvalue weighted by Gasteiger charge is 2.17. The number of amides is 1. The first-order valence-corrected chi connectivity index (χ1v) is 9.68. The van der Waals surface area contributed by atoms with Crippen LogP contribution in [0.15, 0.2) is 97.3 Å². The fraction of sp³-hybridized carbons (Fsp3) is 0.120. The van der Waals surface area contributed by atoms with E-state index >= 15 is 0 Å². The van der Waals surface area contributed by atoms with Crippen LogP contribution in [0.3, 0.4) is 0 Å². The summed E-state index contributed by atoms with van der Waals surface area (Å²) in [6, 6.07) is 27.6. The van der Waals surface area contributed by atoms with Crippen LogP contribution in [0.2, 0.25) is 0 Å². The van der Waals surface area contributed by atoms with Crippen molar-refractivity contribution in [1.82, 2.24) is 14.9 Å². The van der Waals surface area contributed by atoms with Gasteiger partial charge >= 0.3 is 0 Å². The molecule has 29 heavy (non-hydrogen) atoms. The highest BCUT2D eigenvalue weighted by atomic mass is 16.1.